The monoisotopic (exact) mass is 167 g/mol. The Morgan fingerprint density at radius 3 is 3.08 bits per heavy atom. The van der Waals surface area contributed by atoms with Crippen molar-refractivity contribution >= 4 is 5.91 Å². The highest BCUT2D eigenvalue weighted by molar-refractivity contribution is 5.77. The van der Waals surface area contributed by atoms with Gasteiger partial charge in [-0.25, -0.2) is 0 Å². The Morgan fingerprint density at radius 1 is 1.50 bits per heavy atom. The maximum atomic E-state index is 11.6. The minimum atomic E-state index is 0.401. The predicted octanol–water partition coefficient (Wildman–Crippen LogP) is 1.80. The standard InChI is InChI=1S/C10H17NO/c1-2-11-9-5-3-4-8(6-9)7-10(11)12/h8-9H,2-7H2,1H3/t8-,9-/m0/s1. The first-order valence-electron chi connectivity index (χ1n) is 5.10. The topological polar surface area (TPSA) is 20.3 Å². The molecule has 0 unspecified atom stereocenters. The summed E-state index contributed by atoms with van der Waals surface area (Å²) >= 11 is 0. The quantitative estimate of drug-likeness (QED) is 0.583. The van der Waals surface area contributed by atoms with Crippen LogP contribution in [-0.2, 0) is 4.79 Å². The van der Waals surface area contributed by atoms with Crippen LogP contribution in [-0.4, -0.2) is 23.4 Å². The fraction of sp³-hybridized carbons (Fsp3) is 0.900. The van der Waals surface area contributed by atoms with E-state index in [4.69, 9.17) is 0 Å². The number of carbonyl (C=O) groups excluding carboxylic acids is 1. The molecule has 1 aliphatic carbocycles. The summed E-state index contributed by atoms with van der Waals surface area (Å²) in [4.78, 5) is 13.6. The lowest BCUT2D eigenvalue weighted by Gasteiger charge is -2.42. The van der Waals surface area contributed by atoms with Gasteiger partial charge in [-0.05, 0) is 32.1 Å². The lowest BCUT2D eigenvalue weighted by atomic mass is 9.79. The summed E-state index contributed by atoms with van der Waals surface area (Å²) in [6.45, 7) is 3.00. The molecule has 2 fully saturated rings. The molecule has 0 aromatic carbocycles. The number of carbonyl (C=O) groups is 1. The molecular weight excluding hydrogens is 150 g/mol. The molecule has 2 nitrogen and oxygen atoms in total. The molecule has 0 N–H and O–H groups in total. The van der Waals surface area contributed by atoms with Gasteiger partial charge in [-0.15, -0.1) is 0 Å². The molecule has 1 heterocycles. The minimum Gasteiger partial charge on any atom is -0.340 e. The highest BCUT2D eigenvalue weighted by Crippen LogP contribution is 2.34. The molecule has 0 aromatic heterocycles. The van der Waals surface area contributed by atoms with Gasteiger partial charge in [0, 0.05) is 19.0 Å². The SMILES string of the molecule is CCN1C(=O)C[C@H]2CCC[C@H]1C2. The van der Waals surface area contributed by atoms with E-state index in [1.54, 1.807) is 0 Å². The zero-order valence-electron chi connectivity index (χ0n) is 7.75. The van der Waals surface area contributed by atoms with E-state index in [-0.39, 0.29) is 0 Å². The number of piperidine rings is 1. The Bertz CT molecular complexity index is 190. The number of nitrogens with zero attached hydrogens (tertiary/aromatic N) is 1. The summed E-state index contributed by atoms with van der Waals surface area (Å²) in [6, 6.07) is 0.593. The third kappa shape index (κ3) is 1.23. The van der Waals surface area contributed by atoms with Gasteiger partial charge in [0.05, 0.1) is 0 Å². The maximum absolute atomic E-state index is 11.6. The predicted molar refractivity (Wildman–Crippen MR) is 47.8 cm³/mol. The van der Waals surface area contributed by atoms with Gasteiger partial charge in [0.2, 0.25) is 5.91 Å². The molecular formula is C10H17NO. The van der Waals surface area contributed by atoms with Crippen molar-refractivity contribution in [2.45, 2.75) is 45.1 Å². The highest BCUT2D eigenvalue weighted by atomic mass is 16.2. The van der Waals surface area contributed by atoms with Crippen LogP contribution < -0.4 is 0 Å². The first-order valence-corrected chi connectivity index (χ1v) is 5.10. The second kappa shape index (κ2) is 3.08. The van der Waals surface area contributed by atoms with E-state index in [1.807, 2.05) is 0 Å². The van der Waals surface area contributed by atoms with E-state index >= 15 is 0 Å². The summed E-state index contributed by atoms with van der Waals surface area (Å²) in [5, 5.41) is 0. The second-order valence-electron chi connectivity index (χ2n) is 4.07. The van der Waals surface area contributed by atoms with Gasteiger partial charge in [-0.1, -0.05) is 6.42 Å². The van der Waals surface area contributed by atoms with Crippen LogP contribution in [0.5, 0.6) is 0 Å². The third-order valence-electron chi connectivity index (χ3n) is 3.32. The minimum absolute atomic E-state index is 0.401. The van der Waals surface area contributed by atoms with Crippen LogP contribution in [0, 0.1) is 5.92 Å². The number of likely N-dealkylation sites (tertiary alicyclic amines) is 1. The molecule has 1 aliphatic heterocycles. The largest absolute Gasteiger partial charge is 0.340 e. The lowest BCUT2D eigenvalue weighted by Crippen LogP contribution is -2.48. The average Bonchev–Trinajstić information content (AvgIpc) is 2.04. The van der Waals surface area contributed by atoms with Crippen molar-refractivity contribution in [3.05, 3.63) is 0 Å². The molecule has 0 spiro atoms. The van der Waals surface area contributed by atoms with E-state index in [1.165, 1.54) is 25.7 Å². The Hall–Kier alpha value is -0.530. The van der Waals surface area contributed by atoms with Gasteiger partial charge in [0.1, 0.15) is 0 Å². The zero-order valence-corrected chi connectivity index (χ0v) is 7.75. The van der Waals surface area contributed by atoms with Crippen LogP contribution in [0.1, 0.15) is 39.0 Å². The summed E-state index contributed by atoms with van der Waals surface area (Å²) in [7, 11) is 0. The smallest absolute Gasteiger partial charge is 0.223 e. The molecule has 2 atom stereocenters. The van der Waals surface area contributed by atoms with Crippen molar-refractivity contribution in [1.82, 2.24) is 4.90 Å². The van der Waals surface area contributed by atoms with Crippen LogP contribution in [0.3, 0.4) is 0 Å². The normalized spacial score (nSPS) is 35.4. The highest BCUT2D eigenvalue weighted by Gasteiger charge is 2.35. The molecule has 1 saturated heterocycles. The zero-order chi connectivity index (χ0) is 8.55. The first kappa shape index (κ1) is 8.09. The number of fused-ring (bicyclic) bond motifs is 2. The molecule has 1 amide bonds. The Labute approximate surface area is 73.9 Å². The lowest BCUT2D eigenvalue weighted by molar-refractivity contribution is -0.139. The van der Waals surface area contributed by atoms with Crippen LogP contribution in [0.2, 0.25) is 0 Å². The van der Waals surface area contributed by atoms with Crippen LogP contribution in [0.4, 0.5) is 0 Å². The molecule has 0 radical (unpaired) electrons. The Balaban J connectivity index is 2.10. The number of hydrogen-bond donors (Lipinski definition) is 0. The Morgan fingerprint density at radius 2 is 2.33 bits per heavy atom. The van der Waals surface area contributed by atoms with Crippen molar-refractivity contribution in [3.8, 4) is 0 Å². The number of amides is 1. The summed E-state index contributed by atoms with van der Waals surface area (Å²) in [6.07, 6.45) is 5.97. The van der Waals surface area contributed by atoms with Gasteiger partial charge in [-0.2, -0.15) is 0 Å². The number of rotatable bonds is 1. The molecule has 1 saturated carbocycles. The first-order chi connectivity index (χ1) is 5.81. The molecule has 68 valence electrons. The average molecular weight is 167 g/mol. The van der Waals surface area contributed by atoms with Gasteiger partial charge in [0.15, 0.2) is 0 Å². The summed E-state index contributed by atoms with van der Waals surface area (Å²) in [5.41, 5.74) is 0. The van der Waals surface area contributed by atoms with Crippen LogP contribution in [0.25, 0.3) is 0 Å². The Kier molecular flexibility index (Phi) is 2.07. The van der Waals surface area contributed by atoms with Crippen molar-refractivity contribution in [1.29, 1.82) is 0 Å². The van der Waals surface area contributed by atoms with Gasteiger partial charge in [-0.3, -0.25) is 4.79 Å². The van der Waals surface area contributed by atoms with Crippen LogP contribution in [0.15, 0.2) is 0 Å². The van der Waals surface area contributed by atoms with Crippen molar-refractivity contribution < 1.29 is 4.79 Å². The van der Waals surface area contributed by atoms with E-state index < -0.39 is 0 Å². The molecule has 12 heavy (non-hydrogen) atoms. The van der Waals surface area contributed by atoms with Crippen LogP contribution >= 0.6 is 0 Å². The molecule has 0 aromatic rings. The van der Waals surface area contributed by atoms with E-state index in [2.05, 4.69) is 11.8 Å². The van der Waals surface area contributed by atoms with Gasteiger partial charge < -0.3 is 4.90 Å². The van der Waals surface area contributed by atoms with Gasteiger partial charge >= 0.3 is 0 Å². The fourth-order valence-corrected chi connectivity index (χ4v) is 2.73. The third-order valence-corrected chi connectivity index (χ3v) is 3.32. The molecule has 2 rings (SSSR count). The number of hydrogen-bond acceptors (Lipinski definition) is 1. The fourth-order valence-electron chi connectivity index (χ4n) is 2.73. The van der Waals surface area contributed by atoms with E-state index in [9.17, 15) is 4.79 Å². The molecule has 2 heteroatoms. The van der Waals surface area contributed by atoms with E-state index in [0.29, 0.717) is 11.9 Å². The maximum Gasteiger partial charge on any atom is 0.223 e. The van der Waals surface area contributed by atoms with E-state index in [0.717, 1.165) is 18.9 Å². The van der Waals surface area contributed by atoms with Crippen molar-refractivity contribution in [3.63, 3.8) is 0 Å². The summed E-state index contributed by atoms with van der Waals surface area (Å²) < 4.78 is 0. The van der Waals surface area contributed by atoms with Crippen molar-refractivity contribution in [2.24, 2.45) is 5.92 Å². The van der Waals surface area contributed by atoms with Gasteiger partial charge in [0.25, 0.3) is 0 Å². The second-order valence-corrected chi connectivity index (χ2v) is 4.07. The van der Waals surface area contributed by atoms with Crippen molar-refractivity contribution in [2.75, 3.05) is 6.54 Å². The molecule has 2 aliphatic rings. The molecule has 2 bridgehead atoms. The summed E-state index contributed by atoms with van der Waals surface area (Å²) in [5.74, 6) is 1.12.